The second-order valence-corrected chi connectivity index (χ2v) is 8.82. The van der Waals surface area contributed by atoms with Gasteiger partial charge in [-0.3, -0.25) is 14.5 Å². The van der Waals surface area contributed by atoms with Crippen LogP contribution in [-0.4, -0.2) is 57.3 Å². The van der Waals surface area contributed by atoms with E-state index in [1.165, 1.54) is 0 Å². The van der Waals surface area contributed by atoms with Gasteiger partial charge in [-0.2, -0.15) is 0 Å². The Morgan fingerprint density at radius 2 is 2.07 bits per heavy atom. The third kappa shape index (κ3) is 3.58. The van der Waals surface area contributed by atoms with Crippen LogP contribution in [0.25, 0.3) is 0 Å². The van der Waals surface area contributed by atoms with E-state index in [9.17, 15) is 9.59 Å². The Balaban J connectivity index is 1.33. The highest BCUT2D eigenvalue weighted by Crippen LogP contribution is 2.37. The van der Waals surface area contributed by atoms with Crippen molar-refractivity contribution in [1.82, 2.24) is 24.3 Å². The lowest BCUT2D eigenvalue weighted by Crippen LogP contribution is -2.52. The summed E-state index contributed by atoms with van der Waals surface area (Å²) in [6.07, 6.45) is 6.85. The standard InChI is InChI=1S/C22H29N5O3/c1-25-7-6-23-20(25)11-24-21(28)18-2-3-19-16-10-15(13-27(19)22(18)29)12-26(14-16)17-4-8-30-9-5-17/h2-3,6-7,15-17H,4-5,8-14H2,1H3,(H,24,28)/t15-,16+/m0/s1. The molecule has 2 atom stereocenters. The second-order valence-electron chi connectivity index (χ2n) is 8.82. The summed E-state index contributed by atoms with van der Waals surface area (Å²) in [5.74, 6) is 1.24. The number of ether oxygens (including phenoxy) is 1. The van der Waals surface area contributed by atoms with Crippen molar-refractivity contribution < 1.29 is 9.53 Å². The largest absolute Gasteiger partial charge is 0.381 e. The van der Waals surface area contributed by atoms with Crippen molar-refractivity contribution in [1.29, 1.82) is 0 Å². The molecule has 5 heterocycles. The fraction of sp³-hybridized carbons (Fsp3) is 0.591. The highest BCUT2D eigenvalue weighted by molar-refractivity contribution is 5.93. The first kappa shape index (κ1) is 19.5. The molecule has 30 heavy (non-hydrogen) atoms. The molecule has 160 valence electrons. The van der Waals surface area contributed by atoms with Crippen LogP contribution in [0.2, 0.25) is 0 Å². The number of imidazole rings is 1. The normalized spacial score (nSPS) is 24.4. The summed E-state index contributed by atoms with van der Waals surface area (Å²) in [5.41, 5.74) is 1.13. The number of hydrogen-bond donors (Lipinski definition) is 1. The maximum absolute atomic E-state index is 13.1. The molecule has 2 fully saturated rings. The van der Waals surface area contributed by atoms with E-state index in [0.717, 1.165) is 57.1 Å². The van der Waals surface area contributed by atoms with E-state index in [4.69, 9.17) is 4.74 Å². The third-order valence-corrected chi connectivity index (χ3v) is 6.91. The Kier molecular flexibility index (Phi) is 5.20. The molecule has 0 unspecified atom stereocenters. The van der Waals surface area contributed by atoms with Crippen molar-refractivity contribution in [3.8, 4) is 0 Å². The number of carbonyl (C=O) groups excluding carboxylic acids is 1. The smallest absolute Gasteiger partial charge is 0.263 e. The van der Waals surface area contributed by atoms with Crippen molar-refractivity contribution in [2.75, 3.05) is 26.3 Å². The second kappa shape index (κ2) is 8.00. The number of nitrogens with one attached hydrogen (secondary N) is 1. The van der Waals surface area contributed by atoms with Gasteiger partial charge in [0.2, 0.25) is 0 Å². The molecule has 1 amide bonds. The van der Waals surface area contributed by atoms with E-state index < -0.39 is 0 Å². The van der Waals surface area contributed by atoms with E-state index in [0.29, 0.717) is 31.0 Å². The monoisotopic (exact) mass is 411 g/mol. The molecule has 8 heteroatoms. The SMILES string of the molecule is Cn1ccnc1CNC(=O)c1ccc2n(c1=O)C[C@H]1C[C@@H]2CN(C2CCOCC2)C1. The molecule has 2 aromatic rings. The molecule has 0 aromatic carbocycles. The molecule has 3 aliphatic rings. The minimum absolute atomic E-state index is 0.168. The van der Waals surface area contributed by atoms with Gasteiger partial charge in [-0.05, 0) is 37.3 Å². The van der Waals surface area contributed by atoms with Gasteiger partial charge in [0, 0.05) is 69.9 Å². The average molecular weight is 412 g/mol. The molecule has 8 nitrogen and oxygen atoms in total. The number of fused-ring (bicyclic) bond motifs is 4. The van der Waals surface area contributed by atoms with Gasteiger partial charge >= 0.3 is 0 Å². The molecule has 0 saturated carbocycles. The van der Waals surface area contributed by atoms with Crippen molar-refractivity contribution in [2.45, 2.75) is 44.3 Å². The Bertz CT molecular complexity index is 991. The molecule has 0 spiro atoms. The molecule has 2 saturated heterocycles. The van der Waals surface area contributed by atoms with Crippen molar-refractivity contribution in [3.05, 3.63) is 52.0 Å². The van der Waals surface area contributed by atoms with Gasteiger partial charge in [-0.25, -0.2) is 4.98 Å². The summed E-state index contributed by atoms with van der Waals surface area (Å²) >= 11 is 0. The van der Waals surface area contributed by atoms with Gasteiger partial charge in [-0.15, -0.1) is 0 Å². The lowest BCUT2D eigenvalue weighted by molar-refractivity contribution is 0.00585. The number of nitrogens with zero attached hydrogens (tertiary/aromatic N) is 4. The van der Waals surface area contributed by atoms with Crippen LogP contribution in [0.5, 0.6) is 0 Å². The van der Waals surface area contributed by atoms with Crippen LogP contribution in [0, 0.1) is 5.92 Å². The molecule has 0 radical (unpaired) electrons. The molecule has 3 aliphatic heterocycles. The molecule has 0 aliphatic carbocycles. The molecule has 5 rings (SSSR count). The average Bonchev–Trinajstić information content (AvgIpc) is 3.18. The summed E-state index contributed by atoms with van der Waals surface area (Å²) < 4.78 is 9.24. The Labute approximate surface area is 175 Å². The number of rotatable bonds is 4. The summed E-state index contributed by atoms with van der Waals surface area (Å²) in [4.78, 5) is 32.7. The van der Waals surface area contributed by atoms with Crippen LogP contribution in [0.1, 0.15) is 47.1 Å². The van der Waals surface area contributed by atoms with Gasteiger partial charge in [0.1, 0.15) is 11.4 Å². The van der Waals surface area contributed by atoms with Crippen LogP contribution in [0.3, 0.4) is 0 Å². The lowest BCUT2D eigenvalue weighted by Gasteiger charge is -2.46. The van der Waals surface area contributed by atoms with Gasteiger partial charge < -0.3 is 19.2 Å². The first-order valence-corrected chi connectivity index (χ1v) is 10.9. The number of amides is 1. The van der Waals surface area contributed by atoms with Crippen LogP contribution in [-0.2, 0) is 24.9 Å². The highest BCUT2D eigenvalue weighted by atomic mass is 16.5. The number of carbonyl (C=O) groups is 1. The molecular weight excluding hydrogens is 382 g/mol. The number of pyridine rings is 1. The van der Waals surface area contributed by atoms with Gasteiger partial charge in [-0.1, -0.05) is 0 Å². The van der Waals surface area contributed by atoms with E-state index >= 15 is 0 Å². The maximum atomic E-state index is 13.1. The fourth-order valence-electron chi connectivity index (χ4n) is 5.33. The Morgan fingerprint density at radius 1 is 1.23 bits per heavy atom. The molecule has 2 bridgehead atoms. The first-order chi connectivity index (χ1) is 14.6. The highest BCUT2D eigenvalue weighted by Gasteiger charge is 2.37. The van der Waals surface area contributed by atoms with E-state index in [-0.39, 0.29) is 17.0 Å². The van der Waals surface area contributed by atoms with Crippen molar-refractivity contribution >= 4 is 5.91 Å². The summed E-state index contributed by atoms with van der Waals surface area (Å²) in [6, 6.07) is 4.29. The van der Waals surface area contributed by atoms with Crippen LogP contribution >= 0.6 is 0 Å². The van der Waals surface area contributed by atoms with E-state index in [1.54, 1.807) is 12.3 Å². The predicted molar refractivity (Wildman–Crippen MR) is 111 cm³/mol. The quantitative estimate of drug-likeness (QED) is 0.815. The fourth-order valence-corrected chi connectivity index (χ4v) is 5.33. The topological polar surface area (TPSA) is 81.4 Å². The summed E-state index contributed by atoms with van der Waals surface area (Å²) in [6.45, 7) is 4.72. The zero-order valence-electron chi connectivity index (χ0n) is 17.4. The number of likely N-dealkylation sites (tertiary alicyclic amines) is 1. The minimum atomic E-state index is -0.335. The van der Waals surface area contributed by atoms with E-state index in [1.807, 2.05) is 28.4 Å². The van der Waals surface area contributed by atoms with Gasteiger partial charge in [0.05, 0.1) is 6.54 Å². The zero-order chi connectivity index (χ0) is 20.7. The van der Waals surface area contributed by atoms with Crippen molar-refractivity contribution in [2.24, 2.45) is 13.0 Å². The number of hydrogen-bond acceptors (Lipinski definition) is 5. The Hall–Kier alpha value is -2.45. The van der Waals surface area contributed by atoms with Gasteiger partial charge in [0.25, 0.3) is 11.5 Å². The minimum Gasteiger partial charge on any atom is -0.381 e. The number of aryl methyl sites for hydroxylation is 1. The summed E-state index contributed by atoms with van der Waals surface area (Å²) in [5, 5.41) is 2.83. The van der Waals surface area contributed by atoms with E-state index in [2.05, 4.69) is 15.2 Å². The van der Waals surface area contributed by atoms with Gasteiger partial charge in [0.15, 0.2) is 0 Å². The first-order valence-electron chi connectivity index (χ1n) is 10.9. The van der Waals surface area contributed by atoms with Crippen molar-refractivity contribution in [3.63, 3.8) is 0 Å². The summed E-state index contributed by atoms with van der Waals surface area (Å²) in [7, 11) is 1.88. The molecule has 1 N–H and O–H groups in total. The van der Waals surface area contributed by atoms with Crippen LogP contribution in [0.4, 0.5) is 0 Å². The number of aromatic nitrogens is 3. The Morgan fingerprint density at radius 3 is 2.83 bits per heavy atom. The maximum Gasteiger partial charge on any atom is 0.263 e. The molecule has 2 aromatic heterocycles. The zero-order valence-corrected chi connectivity index (χ0v) is 17.4. The lowest BCUT2D eigenvalue weighted by atomic mass is 9.82. The predicted octanol–water partition coefficient (Wildman–Crippen LogP) is 1.11. The van der Waals surface area contributed by atoms with Crippen LogP contribution < -0.4 is 10.9 Å². The third-order valence-electron chi connectivity index (χ3n) is 6.91. The number of piperidine rings is 1. The molecular formula is C22H29N5O3. The van der Waals surface area contributed by atoms with Crippen LogP contribution in [0.15, 0.2) is 29.3 Å².